The summed E-state index contributed by atoms with van der Waals surface area (Å²) in [7, 11) is 0. The van der Waals surface area contributed by atoms with Crippen LogP contribution in [0.2, 0.25) is 5.02 Å². The van der Waals surface area contributed by atoms with Crippen LogP contribution in [0, 0.1) is 0 Å². The SMILES string of the molecule is CC(=O)Oc1ccccc1C(=O)O.Clc1ccccc1C(c1ccccc1)(c1ccccc1)n1ccnc1. The number of ether oxygens (including phenoxy) is 1. The normalized spacial score (nSPS) is 10.7. The first-order valence-corrected chi connectivity index (χ1v) is 12.2. The number of aromatic carboxylic acids is 1. The van der Waals surface area contributed by atoms with Gasteiger partial charge >= 0.3 is 11.9 Å². The Hall–Kier alpha value is -4.68. The third-order valence-electron chi connectivity index (χ3n) is 5.91. The summed E-state index contributed by atoms with van der Waals surface area (Å²) in [5, 5.41) is 9.41. The Balaban J connectivity index is 0.000000219. The molecule has 7 heteroatoms. The zero-order valence-corrected chi connectivity index (χ0v) is 21.3. The van der Waals surface area contributed by atoms with Gasteiger partial charge in [0.1, 0.15) is 16.9 Å². The molecule has 190 valence electrons. The Bertz CT molecular complexity index is 1460. The highest BCUT2D eigenvalue weighted by Crippen LogP contribution is 2.43. The smallest absolute Gasteiger partial charge is 0.339 e. The molecule has 0 spiro atoms. The second kappa shape index (κ2) is 12.0. The van der Waals surface area contributed by atoms with Crippen molar-refractivity contribution in [2.24, 2.45) is 0 Å². The lowest BCUT2D eigenvalue weighted by atomic mass is 9.76. The molecular formula is C31H25ClN2O4. The molecule has 0 aliphatic heterocycles. The van der Waals surface area contributed by atoms with E-state index in [2.05, 4.69) is 68.9 Å². The first-order chi connectivity index (χ1) is 18.4. The lowest BCUT2D eigenvalue weighted by Gasteiger charge is -2.37. The molecule has 0 amide bonds. The highest BCUT2D eigenvalue weighted by Gasteiger charge is 2.39. The van der Waals surface area contributed by atoms with Gasteiger partial charge in [0.2, 0.25) is 0 Å². The quantitative estimate of drug-likeness (QED) is 0.152. The fourth-order valence-corrected chi connectivity index (χ4v) is 4.65. The molecule has 0 bridgehead atoms. The monoisotopic (exact) mass is 524 g/mol. The Morgan fingerprint density at radius 2 is 1.37 bits per heavy atom. The molecule has 0 saturated heterocycles. The van der Waals surface area contributed by atoms with Crippen molar-refractivity contribution < 1.29 is 19.4 Å². The molecule has 0 radical (unpaired) electrons. The van der Waals surface area contributed by atoms with E-state index < -0.39 is 17.5 Å². The van der Waals surface area contributed by atoms with Gasteiger partial charge in [0, 0.05) is 29.9 Å². The molecule has 0 aliphatic carbocycles. The van der Waals surface area contributed by atoms with Crippen molar-refractivity contribution in [3.05, 3.63) is 155 Å². The fourth-order valence-electron chi connectivity index (χ4n) is 4.37. The topological polar surface area (TPSA) is 81.4 Å². The fraction of sp³-hybridized carbons (Fsp3) is 0.0645. The van der Waals surface area contributed by atoms with Gasteiger partial charge in [-0.3, -0.25) is 4.79 Å². The van der Waals surface area contributed by atoms with Crippen molar-refractivity contribution in [1.29, 1.82) is 0 Å². The van der Waals surface area contributed by atoms with Crippen LogP contribution in [-0.4, -0.2) is 26.6 Å². The largest absolute Gasteiger partial charge is 0.478 e. The summed E-state index contributed by atoms with van der Waals surface area (Å²) in [6.45, 7) is 1.22. The highest BCUT2D eigenvalue weighted by atomic mass is 35.5. The van der Waals surface area contributed by atoms with Crippen LogP contribution < -0.4 is 4.74 Å². The summed E-state index contributed by atoms with van der Waals surface area (Å²) in [6.07, 6.45) is 5.64. The predicted octanol–water partition coefficient (Wildman–Crippen LogP) is 6.69. The second-order valence-corrected chi connectivity index (χ2v) is 8.69. The summed E-state index contributed by atoms with van der Waals surface area (Å²) in [5.74, 6) is -1.58. The number of carbonyl (C=O) groups is 2. The molecule has 1 heterocycles. The maximum Gasteiger partial charge on any atom is 0.339 e. The maximum absolute atomic E-state index is 10.6. The van der Waals surface area contributed by atoms with Gasteiger partial charge in [-0.1, -0.05) is 103 Å². The van der Waals surface area contributed by atoms with E-state index in [1.54, 1.807) is 18.3 Å². The van der Waals surface area contributed by atoms with Gasteiger partial charge in [0.15, 0.2) is 0 Å². The highest BCUT2D eigenvalue weighted by molar-refractivity contribution is 6.31. The Labute approximate surface area is 225 Å². The molecular weight excluding hydrogens is 500 g/mol. The molecule has 6 nitrogen and oxygen atoms in total. The van der Waals surface area contributed by atoms with Gasteiger partial charge in [-0.25, -0.2) is 9.78 Å². The molecule has 5 rings (SSSR count). The number of benzene rings is 4. The van der Waals surface area contributed by atoms with Gasteiger partial charge in [-0.15, -0.1) is 0 Å². The average molecular weight is 525 g/mol. The third-order valence-corrected chi connectivity index (χ3v) is 6.24. The number of halogens is 1. The van der Waals surface area contributed by atoms with Gasteiger partial charge < -0.3 is 14.4 Å². The minimum atomic E-state index is -1.11. The van der Waals surface area contributed by atoms with Crippen molar-refractivity contribution in [1.82, 2.24) is 9.55 Å². The number of nitrogens with zero attached hydrogens (tertiary/aromatic N) is 2. The zero-order valence-electron chi connectivity index (χ0n) is 20.6. The lowest BCUT2D eigenvalue weighted by molar-refractivity contribution is -0.131. The average Bonchev–Trinajstić information content (AvgIpc) is 3.47. The number of hydrogen-bond donors (Lipinski definition) is 1. The second-order valence-electron chi connectivity index (χ2n) is 8.29. The number of esters is 1. The molecule has 5 aromatic rings. The molecule has 38 heavy (non-hydrogen) atoms. The van der Waals surface area contributed by atoms with Gasteiger partial charge in [-0.05, 0) is 29.3 Å². The standard InChI is InChI=1S/C22H17ClN2.C9H8O4/c23-21-14-8-7-13-20(21)22(25-16-15-24-17-25,18-9-3-1-4-10-18)19-11-5-2-6-12-19;1-6(10)13-8-5-3-2-4-7(8)9(11)12/h1-17H;2-5H,1H3,(H,11,12). The molecule has 0 fully saturated rings. The van der Waals surface area contributed by atoms with Crippen molar-refractivity contribution >= 4 is 23.5 Å². The first-order valence-electron chi connectivity index (χ1n) is 11.8. The number of para-hydroxylation sites is 1. The maximum atomic E-state index is 10.6. The van der Waals surface area contributed by atoms with Crippen LogP contribution >= 0.6 is 11.6 Å². The van der Waals surface area contributed by atoms with Crippen LogP contribution in [0.3, 0.4) is 0 Å². The molecule has 1 aromatic heterocycles. The van der Waals surface area contributed by atoms with E-state index in [-0.39, 0.29) is 11.3 Å². The predicted molar refractivity (Wildman–Crippen MR) is 147 cm³/mol. The van der Waals surface area contributed by atoms with E-state index in [0.717, 1.165) is 21.7 Å². The van der Waals surface area contributed by atoms with E-state index in [1.807, 2.05) is 42.9 Å². The molecule has 4 aromatic carbocycles. The van der Waals surface area contributed by atoms with Crippen molar-refractivity contribution in [3.63, 3.8) is 0 Å². The van der Waals surface area contributed by atoms with Crippen molar-refractivity contribution in [3.8, 4) is 5.75 Å². The zero-order chi connectivity index (χ0) is 27.0. The van der Waals surface area contributed by atoms with E-state index >= 15 is 0 Å². The van der Waals surface area contributed by atoms with E-state index in [0.29, 0.717) is 0 Å². The number of carboxylic acids is 1. The Morgan fingerprint density at radius 1 is 0.816 bits per heavy atom. The molecule has 0 unspecified atom stereocenters. The molecule has 0 aliphatic rings. The van der Waals surface area contributed by atoms with Crippen LogP contribution in [0.15, 0.2) is 128 Å². The summed E-state index contributed by atoms with van der Waals surface area (Å²) in [4.78, 5) is 25.5. The van der Waals surface area contributed by atoms with Gasteiger partial charge in [0.05, 0.1) is 6.33 Å². The number of imidazole rings is 1. The van der Waals surface area contributed by atoms with Crippen LogP contribution in [-0.2, 0) is 10.3 Å². The number of carboxylic acid groups (broad SMARTS) is 1. The Kier molecular flexibility index (Phi) is 8.36. The molecule has 0 atom stereocenters. The van der Waals surface area contributed by atoms with Crippen molar-refractivity contribution in [2.75, 3.05) is 0 Å². The first kappa shape index (κ1) is 26.4. The molecule has 1 N–H and O–H groups in total. The summed E-state index contributed by atoms with van der Waals surface area (Å²) in [6, 6.07) is 34.8. The lowest BCUT2D eigenvalue weighted by Crippen LogP contribution is -2.37. The van der Waals surface area contributed by atoms with Gasteiger partial charge in [-0.2, -0.15) is 0 Å². The summed E-state index contributed by atoms with van der Waals surface area (Å²) in [5.41, 5.74) is 2.68. The van der Waals surface area contributed by atoms with E-state index in [4.69, 9.17) is 16.7 Å². The molecule has 0 saturated carbocycles. The van der Waals surface area contributed by atoms with Crippen LogP contribution in [0.5, 0.6) is 5.75 Å². The summed E-state index contributed by atoms with van der Waals surface area (Å²) >= 11 is 6.69. The van der Waals surface area contributed by atoms with Crippen LogP contribution in [0.25, 0.3) is 0 Å². The van der Waals surface area contributed by atoms with Crippen molar-refractivity contribution in [2.45, 2.75) is 12.5 Å². The number of hydrogen-bond acceptors (Lipinski definition) is 4. The van der Waals surface area contributed by atoms with E-state index in [9.17, 15) is 9.59 Å². The third kappa shape index (κ3) is 5.51. The Morgan fingerprint density at radius 3 is 1.89 bits per heavy atom. The van der Waals surface area contributed by atoms with Gasteiger partial charge in [0.25, 0.3) is 0 Å². The van der Waals surface area contributed by atoms with Crippen LogP contribution in [0.1, 0.15) is 34.0 Å². The van der Waals surface area contributed by atoms with Crippen LogP contribution in [0.4, 0.5) is 0 Å². The minimum Gasteiger partial charge on any atom is -0.478 e. The van der Waals surface area contributed by atoms with E-state index in [1.165, 1.54) is 19.1 Å². The summed E-state index contributed by atoms with van der Waals surface area (Å²) < 4.78 is 6.81. The minimum absolute atomic E-state index is 0.0160. The number of carbonyl (C=O) groups excluding carboxylic acids is 1. The number of aromatic nitrogens is 2. The number of rotatable bonds is 6.